The average Bonchev–Trinajstić information content (AvgIpc) is 2.41. The lowest BCUT2D eigenvalue weighted by molar-refractivity contribution is 0.0743. The topological polar surface area (TPSA) is 41.6 Å². The molecular formula is C12H17ClN2O2. The van der Waals surface area contributed by atoms with Crippen LogP contribution in [-0.2, 0) is 4.74 Å². The molecular weight excluding hydrogens is 240 g/mol. The van der Waals surface area contributed by atoms with Crippen molar-refractivity contribution < 1.29 is 9.53 Å². The van der Waals surface area contributed by atoms with Crippen LogP contribution in [0.4, 0.5) is 4.79 Å². The van der Waals surface area contributed by atoms with Crippen molar-refractivity contribution in [1.82, 2.24) is 10.2 Å². The van der Waals surface area contributed by atoms with E-state index < -0.39 is 0 Å². The van der Waals surface area contributed by atoms with E-state index in [1.807, 2.05) is 6.08 Å². The Labute approximate surface area is 106 Å². The quantitative estimate of drug-likeness (QED) is 0.769. The first kappa shape index (κ1) is 12.5. The van der Waals surface area contributed by atoms with Crippen molar-refractivity contribution in [2.24, 2.45) is 5.41 Å². The Bertz CT molecular complexity index is 388. The molecule has 0 aliphatic carbocycles. The van der Waals surface area contributed by atoms with Crippen LogP contribution in [-0.4, -0.2) is 36.6 Å². The smallest absolute Gasteiger partial charge is 0.325 e. The standard InChI is InChI=1S/C12H17ClN2O2/c1-12(2)8-17-7-9-3-5-15(6-4-13)11(16)14-10(9)12/h3,5H,4,6-8H2,1-2H3,(H,14,16). The number of ether oxygens (including phenoxy) is 1. The number of hydrogen-bond donors (Lipinski definition) is 1. The highest BCUT2D eigenvalue weighted by Gasteiger charge is 2.33. The molecule has 5 heteroatoms. The Morgan fingerprint density at radius 1 is 1.59 bits per heavy atom. The summed E-state index contributed by atoms with van der Waals surface area (Å²) in [6.45, 7) is 5.80. The summed E-state index contributed by atoms with van der Waals surface area (Å²) in [5, 5.41) is 2.97. The van der Waals surface area contributed by atoms with E-state index in [1.54, 1.807) is 11.1 Å². The molecule has 0 unspecified atom stereocenters. The molecule has 0 spiro atoms. The van der Waals surface area contributed by atoms with Crippen LogP contribution in [0.2, 0.25) is 0 Å². The first-order valence-electron chi connectivity index (χ1n) is 5.68. The minimum atomic E-state index is -0.162. The molecule has 2 heterocycles. The minimum Gasteiger partial charge on any atom is -0.376 e. The van der Waals surface area contributed by atoms with Crippen LogP contribution >= 0.6 is 11.6 Å². The van der Waals surface area contributed by atoms with E-state index in [-0.39, 0.29) is 11.4 Å². The van der Waals surface area contributed by atoms with Crippen LogP contribution in [0.5, 0.6) is 0 Å². The van der Waals surface area contributed by atoms with Crippen LogP contribution in [0, 0.1) is 5.41 Å². The van der Waals surface area contributed by atoms with Crippen LogP contribution in [0.3, 0.4) is 0 Å². The predicted octanol–water partition coefficient (Wildman–Crippen LogP) is 2.07. The Hall–Kier alpha value is -1.00. The van der Waals surface area contributed by atoms with Crippen LogP contribution in [0.25, 0.3) is 0 Å². The minimum absolute atomic E-state index is 0.123. The van der Waals surface area contributed by atoms with Crippen molar-refractivity contribution in [2.45, 2.75) is 13.8 Å². The third-order valence-electron chi connectivity index (χ3n) is 2.99. The number of amides is 2. The number of hydrogen-bond acceptors (Lipinski definition) is 2. The number of alkyl halides is 1. The lowest BCUT2D eigenvalue weighted by Crippen LogP contribution is -2.42. The van der Waals surface area contributed by atoms with Crippen molar-refractivity contribution in [3.05, 3.63) is 23.5 Å². The fourth-order valence-electron chi connectivity index (χ4n) is 2.07. The first-order chi connectivity index (χ1) is 8.04. The van der Waals surface area contributed by atoms with Gasteiger partial charge in [-0.2, -0.15) is 0 Å². The van der Waals surface area contributed by atoms with E-state index >= 15 is 0 Å². The monoisotopic (exact) mass is 256 g/mol. The van der Waals surface area contributed by atoms with Gasteiger partial charge in [-0.3, -0.25) is 4.90 Å². The van der Waals surface area contributed by atoms with Gasteiger partial charge in [0, 0.05) is 29.7 Å². The van der Waals surface area contributed by atoms with Crippen LogP contribution in [0.1, 0.15) is 13.8 Å². The number of rotatable bonds is 2. The van der Waals surface area contributed by atoms with E-state index in [9.17, 15) is 4.79 Å². The van der Waals surface area contributed by atoms with Gasteiger partial charge in [0.05, 0.1) is 13.2 Å². The number of carbonyl (C=O) groups is 1. The Balaban J connectivity index is 2.27. The van der Waals surface area contributed by atoms with Crippen LogP contribution < -0.4 is 5.32 Å². The molecule has 2 aliphatic heterocycles. The maximum atomic E-state index is 12.0. The molecule has 0 aromatic carbocycles. The summed E-state index contributed by atoms with van der Waals surface area (Å²) in [6.07, 6.45) is 3.70. The van der Waals surface area contributed by atoms with Crippen LogP contribution in [0.15, 0.2) is 23.5 Å². The summed E-state index contributed by atoms with van der Waals surface area (Å²) in [5.41, 5.74) is 1.83. The van der Waals surface area contributed by atoms with Crippen molar-refractivity contribution in [3.8, 4) is 0 Å². The Morgan fingerprint density at radius 2 is 2.35 bits per heavy atom. The van der Waals surface area contributed by atoms with Gasteiger partial charge in [-0.15, -0.1) is 11.6 Å². The zero-order valence-corrected chi connectivity index (χ0v) is 10.9. The Kier molecular flexibility index (Phi) is 3.45. The highest BCUT2D eigenvalue weighted by Crippen LogP contribution is 2.32. The molecule has 0 aromatic heterocycles. The van der Waals surface area contributed by atoms with Gasteiger partial charge in [0.1, 0.15) is 0 Å². The van der Waals surface area contributed by atoms with Crippen molar-refractivity contribution in [1.29, 1.82) is 0 Å². The van der Waals surface area contributed by atoms with E-state index in [0.29, 0.717) is 25.6 Å². The molecule has 4 nitrogen and oxygen atoms in total. The molecule has 1 N–H and O–H groups in total. The summed E-state index contributed by atoms with van der Waals surface area (Å²) in [5.74, 6) is 0.419. The number of urea groups is 1. The number of nitrogens with zero attached hydrogens (tertiary/aromatic N) is 1. The zero-order valence-electron chi connectivity index (χ0n) is 10.1. The molecule has 0 saturated carbocycles. The second-order valence-electron chi connectivity index (χ2n) is 4.91. The highest BCUT2D eigenvalue weighted by atomic mass is 35.5. The van der Waals surface area contributed by atoms with Gasteiger partial charge in [0.15, 0.2) is 0 Å². The first-order valence-corrected chi connectivity index (χ1v) is 6.21. The van der Waals surface area contributed by atoms with E-state index in [4.69, 9.17) is 16.3 Å². The second kappa shape index (κ2) is 4.70. The maximum Gasteiger partial charge on any atom is 0.325 e. The van der Waals surface area contributed by atoms with Gasteiger partial charge in [0.25, 0.3) is 0 Å². The highest BCUT2D eigenvalue weighted by molar-refractivity contribution is 6.18. The molecule has 17 heavy (non-hydrogen) atoms. The molecule has 0 atom stereocenters. The van der Waals surface area contributed by atoms with Gasteiger partial charge in [-0.1, -0.05) is 13.8 Å². The molecule has 0 fully saturated rings. The Morgan fingerprint density at radius 3 is 3.06 bits per heavy atom. The summed E-state index contributed by atoms with van der Waals surface area (Å²) in [6, 6.07) is -0.123. The molecule has 0 aromatic rings. The van der Waals surface area contributed by atoms with E-state index in [2.05, 4.69) is 19.2 Å². The predicted molar refractivity (Wildman–Crippen MR) is 66.7 cm³/mol. The summed E-state index contributed by atoms with van der Waals surface area (Å²) >= 11 is 5.67. The molecule has 0 radical (unpaired) electrons. The molecule has 94 valence electrons. The normalized spacial score (nSPS) is 23.2. The van der Waals surface area contributed by atoms with Gasteiger partial charge >= 0.3 is 6.03 Å². The zero-order chi connectivity index (χ0) is 12.5. The van der Waals surface area contributed by atoms with Gasteiger partial charge in [0.2, 0.25) is 0 Å². The maximum absolute atomic E-state index is 12.0. The summed E-state index contributed by atoms with van der Waals surface area (Å²) < 4.78 is 5.54. The lowest BCUT2D eigenvalue weighted by atomic mass is 9.85. The molecule has 2 aliphatic rings. The average molecular weight is 257 g/mol. The fraction of sp³-hybridized carbons (Fsp3) is 0.583. The van der Waals surface area contributed by atoms with Crippen molar-refractivity contribution >= 4 is 17.6 Å². The SMILES string of the molecule is CC1(C)COCC2=C1NC(=O)N(CCCl)C=C2. The molecule has 2 amide bonds. The van der Waals surface area contributed by atoms with Gasteiger partial charge < -0.3 is 10.1 Å². The molecule has 0 saturated heterocycles. The van der Waals surface area contributed by atoms with Crippen molar-refractivity contribution in [3.63, 3.8) is 0 Å². The third-order valence-corrected chi connectivity index (χ3v) is 3.16. The second-order valence-corrected chi connectivity index (χ2v) is 5.28. The third kappa shape index (κ3) is 2.48. The summed E-state index contributed by atoms with van der Waals surface area (Å²) in [7, 11) is 0. The van der Waals surface area contributed by atoms with Gasteiger partial charge in [-0.05, 0) is 11.6 Å². The van der Waals surface area contributed by atoms with E-state index in [1.165, 1.54) is 0 Å². The van der Waals surface area contributed by atoms with Gasteiger partial charge in [-0.25, -0.2) is 4.79 Å². The number of halogens is 1. The lowest BCUT2D eigenvalue weighted by Gasteiger charge is -2.33. The summed E-state index contributed by atoms with van der Waals surface area (Å²) in [4.78, 5) is 13.6. The molecule has 2 rings (SSSR count). The number of nitrogens with one attached hydrogen (secondary N) is 1. The van der Waals surface area contributed by atoms with E-state index in [0.717, 1.165) is 11.3 Å². The fourth-order valence-corrected chi connectivity index (χ4v) is 2.25. The number of carbonyl (C=O) groups excluding carboxylic acids is 1. The molecule has 0 bridgehead atoms. The largest absolute Gasteiger partial charge is 0.376 e. The van der Waals surface area contributed by atoms with Crippen molar-refractivity contribution in [2.75, 3.05) is 25.6 Å².